The number of fused-ring (bicyclic) bond motifs is 1. The van der Waals surface area contributed by atoms with E-state index in [2.05, 4.69) is 15.6 Å². The highest BCUT2D eigenvalue weighted by Gasteiger charge is 2.29. The molecule has 0 saturated carbocycles. The molecule has 0 fully saturated rings. The van der Waals surface area contributed by atoms with Crippen LogP contribution in [0.1, 0.15) is 33.4 Å². The lowest BCUT2D eigenvalue weighted by Crippen LogP contribution is -2.37. The van der Waals surface area contributed by atoms with Crippen LogP contribution in [-0.4, -0.2) is 34.2 Å². The van der Waals surface area contributed by atoms with Crippen LogP contribution in [0.3, 0.4) is 0 Å². The van der Waals surface area contributed by atoms with E-state index in [9.17, 15) is 14.4 Å². The Kier molecular flexibility index (Phi) is 6.21. The molecule has 0 bridgehead atoms. The molecule has 0 radical (unpaired) electrons. The van der Waals surface area contributed by atoms with Crippen molar-refractivity contribution in [3.63, 3.8) is 0 Å². The minimum atomic E-state index is -0.406. The summed E-state index contributed by atoms with van der Waals surface area (Å²) in [6.07, 6.45) is 0. The summed E-state index contributed by atoms with van der Waals surface area (Å²) in [5, 5.41) is 6.19. The zero-order valence-electron chi connectivity index (χ0n) is 17.7. The largest absolute Gasteiger partial charge is 0.495 e. The first-order valence-electron chi connectivity index (χ1n) is 9.60. The van der Waals surface area contributed by atoms with Gasteiger partial charge in [0.05, 0.1) is 24.4 Å². The van der Waals surface area contributed by atoms with E-state index in [4.69, 9.17) is 4.74 Å². The first-order valence-corrected chi connectivity index (χ1v) is 10.6. The number of thioether (sulfide) groups is 1. The predicted molar refractivity (Wildman–Crippen MR) is 117 cm³/mol. The van der Waals surface area contributed by atoms with Crippen molar-refractivity contribution in [3.8, 4) is 5.75 Å². The number of ether oxygens (including phenoxy) is 1. The lowest BCUT2D eigenvalue weighted by atomic mass is 9.92. The molecule has 1 aromatic carbocycles. The monoisotopic (exact) mass is 430 g/mol. The molecule has 1 aromatic heterocycles. The second kappa shape index (κ2) is 8.51. The Morgan fingerprint density at radius 1 is 1.23 bits per heavy atom. The summed E-state index contributed by atoms with van der Waals surface area (Å²) in [7, 11) is 1.51. The Labute approximate surface area is 179 Å². The van der Waals surface area contributed by atoms with E-state index in [0.717, 1.165) is 5.69 Å². The number of hydrogen-bond donors (Lipinski definition) is 2. The fourth-order valence-corrected chi connectivity index (χ4v) is 4.17. The van der Waals surface area contributed by atoms with Crippen LogP contribution in [0.4, 0.5) is 11.4 Å². The standard InChI is InChI=1S/C21H26N4O4S/c1-12(26)22-14-6-7-16(29-5)15(8-14)23-19(28)13-10-25-18(27)9-17(21(2,3)4)24-20(25)30-11-13/h6-9,13H,10-11H2,1-5H3,(H,22,26)(H,23,28). The van der Waals surface area contributed by atoms with E-state index in [1.807, 2.05) is 20.8 Å². The number of anilines is 2. The molecule has 2 amide bonds. The van der Waals surface area contributed by atoms with Crippen molar-refractivity contribution < 1.29 is 14.3 Å². The van der Waals surface area contributed by atoms with Crippen molar-refractivity contribution in [2.75, 3.05) is 23.5 Å². The van der Waals surface area contributed by atoms with Gasteiger partial charge in [0.2, 0.25) is 11.8 Å². The van der Waals surface area contributed by atoms with Crippen molar-refractivity contribution in [2.45, 2.75) is 44.8 Å². The Morgan fingerprint density at radius 2 is 1.97 bits per heavy atom. The van der Waals surface area contributed by atoms with Gasteiger partial charge in [-0.1, -0.05) is 32.5 Å². The molecule has 30 heavy (non-hydrogen) atoms. The molecule has 1 aliphatic heterocycles. The van der Waals surface area contributed by atoms with Gasteiger partial charge in [-0.15, -0.1) is 0 Å². The molecule has 1 unspecified atom stereocenters. The molecule has 1 atom stereocenters. The number of rotatable bonds is 4. The van der Waals surface area contributed by atoms with Crippen LogP contribution in [0.25, 0.3) is 0 Å². The maximum absolute atomic E-state index is 12.9. The first kappa shape index (κ1) is 21.9. The van der Waals surface area contributed by atoms with Crippen molar-refractivity contribution in [1.82, 2.24) is 9.55 Å². The molecule has 0 spiro atoms. The highest BCUT2D eigenvalue weighted by Crippen LogP contribution is 2.31. The van der Waals surface area contributed by atoms with Gasteiger partial charge < -0.3 is 15.4 Å². The minimum Gasteiger partial charge on any atom is -0.495 e. The van der Waals surface area contributed by atoms with Crippen molar-refractivity contribution in [1.29, 1.82) is 0 Å². The van der Waals surface area contributed by atoms with Gasteiger partial charge in [-0.25, -0.2) is 4.98 Å². The normalized spacial score (nSPS) is 15.8. The summed E-state index contributed by atoms with van der Waals surface area (Å²) in [6, 6.07) is 6.56. The third kappa shape index (κ3) is 4.84. The van der Waals surface area contributed by atoms with Crippen LogP contribution in [0.15, 0.2) is 34.2 Å². The Bertz CT molecular complexity index is 1040. The Morgan fingerprint density at radius 3 is 2.60 bits per heavy atom. The Hall–Kier alpha value is -2.81. The maximum Gasteiger partial charge on any atom is 0.254 e. The number of aromatic nitrogens is 2. The van der Waals surface area contributed by atoms with Crippen LogP contribution < -0.4 is 20.9 Å². The molecule has 3 rings (SSSR count). The summed E-state index contributed by atoms with van der Waals surface area (Å²) in [6.45, 7) is 7.71. The summed E-state index contributed by atoms with van der Waals surface area (Å²) in [5.41, 5.74) is 1.38. The zero-order valence-corrected chi connectivity index (χ0v) is 18.6. The summed E-state index contributed by atoms with van der Waals surface area (Å²) in [5.74, 6) is 0.156. The molecule has 2 heterocycles. The highest BCUT2D eigenvalue weighted by molar-refractivity contribution is 7.99. The number of carbonyl (C=O) groups excluding carboxylic acids is 2. The lowest BCUT2D eigenvalue weighted by Gasteiger charge is -2.26. The number of amides is 2. The fraction of sp³-hybridized carbons (Fsp3) is 0.429. The van der Waals surface area contributed by atoms with Crippen LogP contribution >= 0.6 is 11.8 Å². The van der Waals surface area contributed by atoms with E-state index in [1.165, 1.54) is 25.8 Å². The number of benzene rings is 1. The molecule has 2 aromatic rings. The number of nitrogens with zero attached hydrogens (tertiary/aromatic N) is 2. The minimum absolute atomic E-state index is 0.153. The predicted octanol–water partition coefficient (Wildman–Crippen LogP) is 2.87. The van der Waals surface area contributed by atoms with Gasteiger partial charge >= 0.3 is 0 Å². The van der Waals surface area contributed by atoms with E-state index in [0.29, 0.717) is 28.0 Å². The third-order valence-electron chi connectivity index (χ3n) is 4.71. The zero-order chi connectivity index (χ0) is 22.1. The third-order valence-corrected chi connectivity index (χ3v) is 5.85. The highest BCUT2D eigenvalue weighted by atomic mass is 32.2. The average molecular weight is 431 g/mol. The topological polar surface area (TPSA) is 102 Å². The average Bonchev–Trinajstić information content (AvgIpc) is 2.66. The van der Waals surface area contributed by atoms with Crippen molar-refractivity contribution >= 4 is 35.0 Å². The molecule has 0 aliphatic carbocycles. The summed E-state index contributed by atoms with van der Waals surface area (Å²) < 4.78 is 6.87. The fourth-order valence-electron chi connectivity index (χ4n) is 3.08. The molecule has 160 valence electrons. The summed E-state index contributed by atoms with van der Waals surface area (Å²) in [4.78, 5) is 41.5. The Balaban J connectivity index is 1.80. The summed E-state index contributed by atoms with van der Waals surface area (Å²) >= 11 is 1.40. The van der Waals surface area contributed by atoms with Gasteiger partial charge in [-0.3, -0.25) is 19.0 Å². The molecular weight excluding hydrogens is 404 g/mol. The molecule has 0 saturated heterocycles. The van der Waals surface area contributed by atoms with Crippen molar-refractivity contribution in [2.24, 2.45) is 5.92 Å². The molecule has 2 N–H and O–H groups in total. The molecule has 1 aliphatic rings. The van der Waals surface area contributed by atoms with Gasteiger partial charge in [-0.2, -0.15) is 0 Å². The quantitative estimate of drug-likeness (QED) is 0.723. The SMILES string of the molecule is COc1ccc(NC(C)=O)cc1NC(=O)C1CSc2nc(C(C)(C)C)cc(=O)n2C1. The van der Waals surface area contributed by atoms with Crippen LogP contribution in [0.5, 0.6) is 5.75 Å². The van der Waals surface area contributed by atoms with Gasteiger partial charge in [0.15, 0.2) is 5.16 Å². The second-order valence-electron chi connectivity index (χ2n) is 8.22. The van der Waals surface area contributed by atoms with Crippen molar-refractivity contribution in [3.05, 3.63) is 40.3 Å². The van der Waals surface area contributed by atoms with Gasteiger partial charge in [0.25, 0.3) is 5.56 Å². The number of hydrogen-bond acceptors (Lipinski definition) is 6. The molecular formula is C21H26N4O4S. The maximum atomic E-state index is 12.9. The van der Waals surface area contributed by atoms with Crippen LogP contribution in [0.2, 0.25) is 0 Å². The van der Waals surface area contributed by atoms with E-state index >= 15 is 0 Å². The van der Waals surface area contributed by atoms with Gasteiger partial charge in [0, 0.05) is 36.4 Å². The number of carbonyl (C=O) groups is 2. The van der Waals surface area contributed by atoms with Crippen LogP contribution in [-0.2, 0) is 21.5 Å². The van der Waals surface area contributed by atoms with Gasteiger partial charge in [0.1, 0.15) is 5.75 Å². The molecule has 8 nitrogen and oxygen atoms in total. The first-order chi connectivity index (χ1) is 14.1. The molecule has 9 heteroatoms. The van der Waals surface area contributed by atoms with E-state index in [-0.39, 0.29) is 29.3 Å². The smallest absolute Gasteiger partial charge is 0.254 e. The van der Waals surface area contributed by atoms with E-state index in [1.54, 1.807) is 28.8 Å². The van der Waals surface area contributed by atoms with Gasteiger partial charge in [-0.05, 0) is 18.2 Å². The number of methoxy groups -OCH3 is 1. The second-order valence-corrected chi connectivity index (χ2v) is 9.20. The lowest BCUT2D eigenvalue weighted by molar-refractivity contribution is -0.119. The van der Waals surface area contributed by atoms with E-state index < -0.39 is 5.92 Å². The van der Waals surface area contributed by atoms with Crippen LogP contribution in [0, 0.1) is 5.92 Å². The number of nitrogens with one attached hydrogen (secondary N) is 2.